The Bertz CT molecular complexity index is 1450. The number of halogens is 1. The number of nitrogens with zero attached hydrogens (tertiary/aromatic N) is 2. The van der Waals surface area contributed by atoms with Crippen molar-refractivity contribution in [2.45, 2.75) is 26.7 Å². The van der Waals surface area contributed by atoms with Crippen molar-refractivity contribution >= 4 is 22.1 Å². The van der Waals surface area contributed by atoms with Crippen LogP contribution >= 0.6 is 0 Å². The highest BCUT2D eigenvalue weighted by molar-refractivity contribution is 6.08. The zero-order chi connectivity index (χ0) is 21.7. The number of fused-ring (bicyclic) bond motifs is 3. The van der Waals surface area contributed by atoms with Crippen LogP contribution in [-0.4, -0.2) is 4.98 Å². The fourth-order valence-corrected chi connectivity index (χ4v) is 4.18. The van der Waals surface area contributed by atoms with Crippen molar-refractivity contribution in [1.29, 1.82) is 0 Å². The predicted molar refractivity (Wildman–Crippen MR) is 122 cm³/mol. The van der Waals surface area contributed by atoms with E-state index < -0.39 is 0 Å². The zero-order valence-corrected chi connectivity index (χ0v) is 18.1. The largest absolute Gasteiger partial charge is 0.437 e. The van der Waals surface area contributed by atoms with Crippen LogP contribution < -0.4 is 4.57 Å². The minimum atomic E-state index is -0.236. The Morgan fingerprint density at radius 3 is 2.48 bits per heavy atom. The van der Waals surface area contributed by atoms with Crippen LogP contribution in [0.2, 0.25) is 0 Å². The van der Waals surface area contributed by atoms with Gasteiger partial charge >= 0.3 is 0 Å². The molecule has 0 N–H and O–H groups in total. The summed E-state index contributed by atoms with van der Waals surface area (Å²) in [5, 5.41) is 2.09. The van der Waals surface area contributed by atoms with Gasteiger partial charge in [-0.3, -0.25) is 0 Å². The Morgan fingerprint density at radius 2 is 1.74 bits per heavy atom. The van der Waals surface area contributed by atoms with E-state index in [0.29, 0.717) is 11.6 Å². The number of aromatic nitrogens is 2. The molecule has 5 aromatic rings. The summed E-state index contributed by atoms with van der Waals surface area (Å²) in [7, 11) is 2.01. The van der Waals surface area contributed by atoms with Crippen LogP contribution in [0, 0.1) is 12.7 Å². The summed E-state index contributed by atoms with van der Waals surface area (Å²) >= 11 is 0. The van der Waals surface area contributed by atoms with E-state index in [0.717, 1.165) is 50.0 Å². The lowest BCUT2D eigenvalue weighted by atomic mass is 9.99. The Labute approximate surface area is 180 Å². The maximum Gasteiger partial charge on any atom is 0.227 e. The Hall–Kier alpha value is -3.53. The molecule has 0 aliphatic heterocycles. The van der Waals surface area contributed by atoms with Gasteiger partial charge in [-0.15, -0.1) is 0 Å². The molecule has 5 rings (SSSR count). The summed E-state index contributed by atoms with van der Waals surface area (Å²) in [6, 6.07) is 19.2. The quantitative estimate of drug-likeness (QED) is 0.309. The predicted octanol–water partition coefficient (Wildman–Crippen LogP) is 6.71. The van der Waals surface area contributed by atoms with Gasteiger partial charge in [-0.2, -0.15) is 0 Å². The lowest BCUT2D eigenvalue weighted by molar-refractivity contribution is -0.659. The first-order chi connectivity index (χ1) is 14.9. The van der Waals surface area contributed by atoms with Gasteiger partial charge in [0, 0.05) is 28.1 Å². The number of benzene rings is 2. The van der Waals surface area contributed by atoms with Crippen molar-refractivity contribution in [2.75, 3.05) is 0 Å². The minimum absolute atomic E-state index is 0.236. The molecule has 0 aliphatic rings. The highest BCUT2D eigenvalue weighted by Crippen LogP contribution is 2.37. The molecular formula is C27H24FN2O+. The second-order valence-corrected chi connectivity index (χ2v) is 8.40. The van der Waals surface area contributed by atoms with Crippen LogP contribution in [0.5, 0.6) is 0 Å². The van der Waals surface area contributed by atoms with Crippen molar-refractivity contribution in [3.8, 4) is 22.4 Å². The van der Waals surface area contributed by atoms with E-state index in [4.69, 9.17) is 9.40 Å². The molecule has 0 fully saturated rings. The molecule has 0 atom stereocenters. The van der Waals surface area contributed by atoms with E-state index in [-0.39, 0.29) is 5.82 Å². The molecule has 0 saturated carbocycles. The third-order valence-electron chi connectivity index (χ3n) is 5.88. The number of rotatable bonds is 3. The smallest absolute Gasteiger partial charge is 0.227 e. The summed E-state index contributed by atoms with van der Waals surface area (Å²) in [5.74, 6) is 0.104. The van der Waals surface area contributed by atoms with E-state index in [1.165, 1.54) is 6.07 Å². The second-order valence-electron chi connectivity index (χ2n) is 8.40. The van der Waals surface area contributed by atoms with E-state index in [9.17, 15) is 4.39 Å². The van der Waals surface area contributed by atoms with Crippen molar-refractivity contribution < 1.29 is 13.4 Å². The fourth-order valence-electron chi connectivity index (χ4n) is 4.18. The summed E-state index contributed by atoms with van der Waals surface area (Å²) < 4.78 is 22.1. The third kappa shape index (κ3) is 3.28. The van der Waals surface area contributed by atoms with Crippen LogP contribution in [0.25, 0.3) is 44.5 Å². The lowest BCUT2D eigenvalue weighted by Crippen LogP contribution is -2.31. The average Bonchev–Trinajstić information content (AvgIpc) is 3.12. The number of hydrogen-bond acceptors (Lipinski definition) is 2. The molecule has 31 heavy (non-hydrogen) atoms. The van der Waals surface area contributed by atoms with Crippen molar-refractivity contribution in [3.63, 3.8) is 0 Å². The number of furan rings is 1. The summed E-state index contributed by atoms with van der Waals surface area (Å²) in [5.41, 5.74) is 7.57. The lowest BCUT2D eigenvalue weighted by Gasteiger charge is -2.07. The van der Waals surface area contributed by atoms with E-state index in [1.54, 1.807) is 12.1 Å². The van der Waals surface area contributed by atoms with Crippen LogP contribution in [0.3, 0.4) is 0 Å². The number of hydrogen-bond donors (Lipinski definition) is 0. The van der Waals surface area contributed by atoms with Crippen LogP contribution in [0.4, 0.5) is 4.39 Å². The molecule has 0 saturated heterocycles. The molecule has 3 heterocycles. The third-order valence-corrected chi connectivity index (χ3v) is 5.88. The van der Waals surface area contributed by atoms with Gasteiger partial charge in [0.15, 0.2) is 11.8 Å². The second kappa shape index (κ2) is 7.31. The summed E-state index contributed by atoms with van der Waals surface area (Å²) in [4.78, 5) is 4.75. The van der Waals surface area contributed by atoms with Gasteiger partial charge in [-0.05, 0) is 54.3 Å². The summed E-state index contributed by atoms with van der Waals surface area (Å²) in [6.45, 7) is 6.36. The van der Waals surface area contributed by atoms with Crippen LogP contribution in [-0.2, 0) is 7.05 Å². The average molecular weight is 412 g/mol. The molecule has 0 spiro atoms. The fraction of sp³-hybridized carbons (Fsp3) is 0.185. The highest BCUT2D eigenvalue weighted by Gasteiger charge is 2.22. The highest BCUT2D eigenvalue weighted by atomic mass is 19.1. The molecule has 0 bridgehead atoms. The van der Waals surface area contributed by atoms with Gasteiger partial charge in [-0.25, -0.2) is 13.9 Å². The molecule has 2 aromatic carbocycles. The number of pyridine rings is 2. The SMILES string of the molecule is Cc1ccc2c(oc3nc(C(C)C)ccc32)c1-c1ccc(-c2cccc(F)c2)c[n+]1C. The van der Waals surface area contributed by atoms with E-state index in [1.807, 2.05) is 25.4 Å². The van der Waals surface area contributed by atoms with E-state index in [2.05, 4.69) is 55.7 Å². The Morgan fingerprint density at radius 1 is 0.935 bits per heavy atom. The monoisotopic (exact) mass is 411 g/mol. The molecule has 0 unspecified atom stereocenters. The maximum atomic E-state index is 13.7. The van der Waals surface area contributed by atoms with Crippen molar-refractivity contribution in [3.05, 3.63) is 83.9 Å². The number of aryl methyl sites for hydroxylation is 2. The molecule has 0 aliphatic carbocycles. The molecule has 154 valence electrons. The summed E-state index contributed by atoms with van der Waals surface area (Å²) in [6.07, 6.45) is 2.03. The van der Waals surface area contributed by atoms with Crippen LogP contribution in [0.1, 0.15) is 31.0 Å². The molecular weight excluding hydrogens is 387 g/mol. The normalized spacial score (nSPS) is 11.7. The molecule has 4 heteroatoms. The molecule has 3 aromatic heterocycles. The Kier molecular flexibility index (Phi) is 4.58. The van der Waals surface area contributed by atoms with Gasteiger partial charge in [0.05, 0.1) is 5.56 Å². The first kappa shape index (κ1) is 19.4. The zero-order valence-electron chi connectivity index (χ0n) is 18.1. The van der Waals surface area contributed by atoms with Gasteiger partial charge < -0.3 is 4.42 Å². The van der Waals surface area contributed by atoms with Crippen molar-refractivity contribution in [2.24, 2.45) is 7.05 Å². The topological polar surface area (TPSA) is 29.9 Å². The van der Waals surface area contributed by atoms with Gasteiger partial charge in [0.1, 0.15) is 12.9 Å². The maximum absolute atomic E-state index is 13.7. The Balaban J connectivity index is 1.70. The van der Waals surface area contributed by atoms with Gasteiger partial charge in [0.25, 0.3) is 0 Å². The van der Waals surface area contributed by atoms with Crippen LogP contribution in [0.15, 0.2) is 71.3 Å². The van der Waals surface area contributed by atoms with Gasteiger partial charge in [0.2, 0.25) is 11.4 Å². The first-order valence-electron chi connectivity index (χ1n) is 10.5. The minimum Gasteiger partial charge on any atom is -0.437 e. The van der Waals surface area contributed by atoms with Gasteiger partial charge in [-0.1, -0.05) is 38.1 Å². The first-order valence-corrected chi connectivity index (χ1v) is 10.5. The molecule has 0 amide bonds. The molecule has 3 nitrogen and oxygen atoms in total. The molecule has 0 radical (unpaired) electrons. The standard InChI is InChI=1S/C27H24FN2O/c1-16(2)23-12-11-22-21-10-8-17(3)25(26(21)31-27(22)29-23)24-13-9-19(15-30(24)4)18-6-5-7-20(28)14-18/h5-16H,1-4H3/q+1. The van der Waals surface area contributed by atoms with Crippen molar-refractivity contribution in [1.82, 2.24) is 4.98 Å². The van der Waals surface area contributed by atoms with E-state index >= 15 is 0 Å².